The molecule has 2 aromatic carbocycles. The summed E-state index contributed by atoms with van der Waals surface area (Å²) in [4.78, 5) is 39.6. The van der Waals surface area contributed by atoms with Crippen LogP contribution in [0.25, 0.3) is 0 Å². The second-order valence-electron chi connectivity index (χ2n) is 10.1. The lowest BCUT2D eigenvalue weighted by Gasteiger charge is -2.36. The number of methoxy groups -OCH3 is 1. The standard InChI is InChI=1S/C26H29F2N3O5Si/c1-35-14-15-5-6-19-16(9-15)7-8-31(23(33)13-18-12-22(32)30-36-18)24(19)26(34)29-17-10-20(27)25(21(28)11-17)37(2,3)4/h5-6,9-12,24H,7-8,13-14H2,1-4H3,(H,29,34)(H,30,32). The molecule has 1 aliphatic heterocycles. The minimum absolute atomic E-state index is 0.0332. The maximum Gasteiger partial charge on any atom is 0.280 e. The number of H-pyrrole nitrogens is 1. The smallest absolute Gasteiger partial charge is 0.280 e. The Labute approximate surface area is 213 Å². The molecule has 37 heavy (non-hydrogen) atoms. The number of anilines is 1. The van der Waals surface area contributed by atoms with E-state index in [-0.39, 0.29) is 29.6 Å². The summed E-state index contributed by atoms with van der Waals surface area (Å²) >= 11 is 0. The van der Waals surface area contributed by atoms with E-state index in [2.05, 4.69) is 10.5 Å². The van der Waals surface area contributed by atoms with Gasteiger partial charge in [-0.15, -0.1) is 0 Å². The minimum Gasteiger partial charge on any atom is -0.383 e. The lowest BCUT2D eigenvalue weighted by molar-refractivity contribution is -0.139. The Kier molecular flexibility index (Phi) is 7.46. The van der Waals surface area contributed by atoms with Crippen molar-refractivity contribution in [3.63, 3.8) is 0 Å². The number of aromatic amines is 1. The van der Waals surface area contributed by atoms with Gasteiger partial charge in [-0.25, -0.2) is 8.78 Å². The van der Waals surface area contributed by atoms with Crippen molar-refractivity contribution in [3.8, 4) is 0 Å². The molecule has 0 saturated heterocycles. The van der Waals surface area contributed by atoms with Crippen molar-refractivity contribution in [1.29, 1.82) is 0 Å². The van der Waals surface area contributed by atoms with E-state index in [1.165, 1.54) is 11.0 Å². The predicted molar refractivity (Wildman–Crippen MR) is 136 cm³/mol. The molecule has 0 fully saturated rings. The molecule has 2 heterocycles. The summed E-state index contributed by atoms with van der Waals surface area (Å²) in [6.45, 7) is 6.12. The van der Waals surface area contributed by atoms with E-state index in [0.29, 0.717) is 18.6 Å². The zero-order valence-corrected chi connectivity index (χ0v) is 22.1. The molecule has 0 bridgehead atoms. The Morgan fingerprint density at radius 2 is 1.86 bits per heavy atom. The van der Waals surface area contributed by atoms with E-state index in [1.807, 2.05) is 31.8 Å². The fraction of sp³-hybridized carbons (Fsp3) is 0.346. The van der Waals surface area contributed by atoms with Crippen molar-refractivity contribution < 1.29 is 27.6 Å². The Balaban J connectivity index is 1.68. The molecule has 0 spiro atoms. The zero-order valence-electron chi connectivity index (χ0n) is 21.1. The number of hydrogen-bond donors (Lipinski definition) is 2. The maximum atomic E-state index is 14.8. The molecule has 8 nitrogen and oxygen atoms in total. The first-order valence-electron chi connectivity index (χ1n) is 11.9. The van der Waals surface area contributed by atoms with Crippen molar-refractivity contribution in [2.75, 3.05) is 19.0 Å². The van der Waals surface area contributed by atoms with Gasteiger partial charge in [-0.1, -0.05) is 37.8 Å². The molecular formula is C26H29F2N3O5Si. The molecule has 11 heteroatoms. The van der Waals surface area contributed by atoms with Crippen molar-refractivity contribution in [2.24, 2.45) is 0 Å². The first kappa shape index (κ1) is 26.5. The molecule has 0 aliphatic carbocycles. The Morgan fingerprint density at radius 1 is 1.16 bits per heavy atom. The van der Waals surface area contributed by atoms with E-state index < -0.39 is 43.1 Å². The van der Waals surface area contributed by atoms with Gasteiger partial charge < -0.3 is 19.5 Å². The predicted octanol–water partition coefficient (Wildman–Crippen LogP) is 3.24. The van der Waals surface area contributed by atoms with Crippen LogP contribution in [-0.2, 0) is 33.8 Å². The van der Waals surface area contributed by atoms with Crippen LogP contribution in [0.15, 0.2) is 45.7 Å². The summed E-state index contributed by atoms with van der Waals surface area (Å²) in [6, 6.07) is 7.84. The Hall–Kier alpha value is -3.57. The lowest BCUT2D eigenvalue weighted by Crippen LogP contribution is -2.46. The number of benzene rings is 2. The van der Waals surface area contributed by atoms with Gasteiger partial charge in [0.05, 0.1) is 21.1 Å². The number of nitrogens with one attached hydrogen (secondary N) is 2. The molecule has 196 valence electrons. The van der Waals surface area contributed by atoms with Crippen LogP contribution in [0.3, 0.4) is 0 Å². The second-order valence-corrected chi connectivity index (χ2v) is 15.1. The van der Waals surface area contributed by atoms with E-state index in [9.17, 15) is 23.2 Å². The highest BCUT2D eigenvalue weighted by atomic mass is 28.3. The van der Waals surface area contributed by atoms with Crippen molar-refractivity contribution in [2.45, 2.75) is 45.1 Å². The monoisotopic (exact) mass is 529 g/mol. The number of fused-ring (bicyclic) bond motifs is 1. The van der Waals surface area contributed by atoms with Gasteiger partial charge in [0.25, 0.3) is 11.5 Å². The molecule has 1 aromatic heterocycles. The molecule has 2 N–H and O–H groups in total. The van der Waals surface area contributed by atoms with E-state index in [4.69, 9.17) is 9.26 Å². The van der Waals surface area contributed by atoms with Crippen LogP contribution >= 0.6 is 0 Å². The molecule has 1 aliphatic rings. The normalized spacial score (nSPS) is 15.4. The van der Waals surface area contributed by atoms with Gasteiger partial charge >= 0.3 is 0 Å². The molecule has 4 rings (SSSR count). The number of hydrogen-bond acceptors (Lipinski definition) is 5. The van der Waals surface area contributed by atoms with Crippen LogP contribution in [0.1, 0.15) is 28.5 Å². The maximum absolute atomic E-state index is 14.8. The van der Waals surface area contributed by atoms with Gasteiger partial charge in [0.1, 0.15) is 23.4 Å². The number of nitrogens with zero attached hydrogens (tertiary/aromatic N) is 1. The average molecular weight is 530 g/mol. The highest BCUT2D eigenvalue weighted by Crippen LogP contribution is 2.32. The number of carbonyl (C=O) groups is 2. The number of amides is 2. The summed E-state index contributed by atoms with van der Waals surface area (Å²) in [5, 5.41) is 4.81. The number of rotatable bonds is 7. The van der Waals surface area contributed by atoms with Crippen LogP contribution in [0, 0.1) is 11.6 Å². The van der Waals surface area contributed by atoms with Crippen LogP contribution in [-0.4, -0.2) is 43.6 Å². The third kappa shape index (κ3) is 5.72. The fourth-order valence-electron chi connectivity index (χ4n) is 4.72. The van der Waals surface area contributed by atoms with Crippen LogP contribution < -0.4 is 16.1 Å². The van der Waals surface area contributed by atoms with Crippen molar-refractivity contribution >= 4 is 30.8 Å². The topological polar surface area (TPSA) is 105 Å². The summed E-state index contributed by atoms with van der Waals surface area (Å²) in [6.07, 6.45) is 0.265. The number of aromatic nitrogens is 1. The number of ether oxygens (including phenoxy) is 1. The molecule has 1 atom stereocenters. The first-order chi connectivity index (χ1) is 17.5. The quantitative estimate of drug-likeness (QED) is 0.458. The fourth-order valence-corrected chi connectivity index (χ4v) is 6.30. The summed E-state index contributed by atoms with van der Waals surface area (Å²) in [5.41, 5.74) is 1.89. The van der Waals surface area contributed by atoms with Crippen molar-refractivity contribution in [1.82, 2.24) is 10.1 Å². The largest absolute Gasteiger partial charge is 0.383 e. The zero-order chi connectivity index (χ0) is 26.9. The summed E-state index contributed by atoms with van der Waals surface area (Å²) < 4.78 is 39.9. The summed E-state index contributed by atoms with van der Waals surface area (Å²) in [7, 11) is -0.714. The van der Waals surface area contributed by atoms with Crippen LogP contribution in [0.4, 0.5) is 14.5 Å². The van der Waals surface area contributed by atoms with Gasteiger partial charge in [-0.2, -0.15) is 5.16 Å². The van der Waals surface area contributed by atoms with E-state index in [1.54, 1.807) is 13.2 Å². The SMILES string of the molecule is COCc1ccc2c(c1)CCN(C(=O)Cc1cc(=O)[nH]o1)C2C(=O)Nc1cc(F)c([Si](C)(C)C)c(F)c1. The Morgan fingerprint density at radius 3 is 2.46 bits per heavy atom. The Bertz CT molecular complexity index is 1370. The van der Waals surface area contributed by atoms with Gasteiger partial charge in [-0.3, -0.25) is 14.4 Å². The van der Waals surface area contributed by atoms with Crippen LogP contribution in [0.5, 0.6) is 0 Å². The third-order valence-corrected chi connectivity index (χ3v) is 8.25. The highest BCUT2D eigenvalue weighted by molar-refractivity contribution is 6.88. The summed E-state index contributed by atoms with van der Waals surface area (Å²) in [5.74, 6) is -2.32. The lowest BCUT2D eigenvalue weighted by atomic mass is 9.90. The minimum atomic E-state index is -2.30. The van der Waals surface area contributed by atoms with Gasteiger partial charge in [0.2, 0.25) is 5.91 Å². The molecule has 2 amide bonds. The molecular weight excluding hydrogens is 500 g/mol. The van der Waals surface area contributed by atoms with Gasteiger partial charge in [-0.05, 0) is 35.2 Å². The molecule has 0 radical (unpaired) electrons. The van der Waals surface area contributed by atoms with E-state index in [0.717, 1.165) is 23.3 Å². The highest BCUT2D eigenvalue weighted by Gasteiger charge is 2.37. The number of carbonyl (C=O) groups excluding carboxylic acids is 2. The van der Waals surface area contributed by atoms with Gasteiger partial charge in [0.15, 0.2) is 0 Å². The van der Waals surface area contributed by atoms with Gasteiger partial charge in [0, 0.05) is 30.6 Å². The van der Waals surface area contributed by atoms with Crippen molar-refractivity contribution in [3.05, 3.63) is 80.8 Å². The van der Waals surface area contributed by atoms with Crippen LogP contribution in [0.2, 0.25) is 19.6 Å². The molecule has 1 unspecified atom stereocenters. The second kappa shape index (κ2) is 10.4. The number of halogens is 2. The van der Waals surface area contributed by atoms with E-state index >= 15 is 0 Å². The first-order valence-corrected chi connectivity index (χ1v) is 15.4. The molecule has 3 aromatic rings. The third-order valence-electron chi connectivity index (χ3n) is 6.28. The molecule has 0 saturated carbocycles. The average Bonchev–Trinajstić information content (AvgIpc) is 3.21.